The second kappa shape index (κ2) is 5.82. The molecule has 1 unspecified atom stereocenters. The molecule has 4 nitrogen and oxygen atoms in total. The maximum Gasteiger partial charge on any atom is 0.141 e. The van der Waals surface area contributed by atoms with Gasteiger partial charge in [-0.1, -0.05) is 0 Å². The molecule has 1 aromatic rings. The fourth-order valence-electron chi connectivity index (χ4n) is 1.91. The number of methoxy groups -OCH3 is 1. The maximum absolute atomic E-state index is 5.54. The van der Waals surface area contributed by atoms with E-state index in [0.717, 1.165) is 31.0 Å². The van der Waals surface area contributed by atoms with E-state index < -0.39 is 0 Å². The second-order valence-electron chi connectivity index (χ2n) is 3.95. The van der Waals surface area contributed by atoms with Gasteiger partial charge in [0.05, 0.1) is 19.4 Å². The highest BCUT2D eigenvalue weighted by Gasteiger charge is 2.14. The summed E-state index contributed by atoms with van der Waals surface area (Å²) in [6.07, 6.45) is 6.26. The Morgan fingerprint density at radius 1 is 1.62 bits per heavy atom. The van der Waals surface area contributed by atoms with Gasteiger partial charge in [0.25, 0.3) is 0 Å². The Kier molecular flexibility index (Phi) is 4.13. The van der Waals surface area contributed by atoms with Crippen molar-refractivity contribution in [3.63, 3.8) is 0 Å². The Morgan fingerprint density at radius 2 is 2.56 bits per heavy atom. The third-order valence-electron chi connectivity index (χ3n) is 2.80. The first-order chi connectivity index (χ1) is 7.90. The van der Waals surface area contributed by atoms with Crippen LogP contribution in [0.4, 0.5) is 0 Å². The molecule has 1 saturated heterocycles. The van der Waals surface area contributed by atoms with Crippen molar-refractivity contribution in [1.29, 1.82) is 0 Å². The molecule has 0 aromatic carbocycles. The molecule has 0 amide bonds. The summed E-state index contributed by atoms with van der Waals surface area (Å²) < 4.78 is 10.8. The molecule has 1 aliphatic rings. The van der Waals surface area contributed by atoms with Crippen LogP contribution in [0.2, 0.25) is 0 Å². The normalized spacial score (nSPS) is 19.9. The van der Waals surface area contributed by atoms with Crippen LogP contribution >= 0.6 is 0 Å². The third kappa shape index (κ3) is 2.93. The van der Waals surface area contributed by atoms with Crippen LogP contribution in [0.5, 0.6) is 5.75 Å². The average Bonchev–Trinajstić information content (AvgIpc) is 2.83. The van der Waals surface area contributed by atoms with Crippen LogP contribution in [0.25, 0.3) is 0 Å². The highest BCUT2D eigenvalue weighted by Crippen LogP contribution is 2.15. The van der Waals surface area contributed by atoms with E-state index in [2.05, 4.69) is 10.3 Å². The van der Waals surface area contributed by atoms with Gasteiger partial charge in [-0.05, 0) is 18.9 Å². The number of ether oxygens (including phenoxy) is 2. The zero-order valence-corrected chi connectivity index (χ0v) is 9.61. The minimum atomic E-state index is 0.382. The van der Waals surface area contributed by atoms with Crippen molar-refractivity contribution in [3.8, 4) is 5.75 Å². The molecule has 16 heavy (non-hydrogen) atoms. The molecule has 88 valence electrons. The van der Waals surface area contributed by atoms with Gasteiger partial charge in [-0.2, -0.15) is 0 Å². The number of hydrogen-bond acceptors (Lipinski definition) is 4. The van der Waals surface area contributed by atoms with Gasteiger partial charge in [-0.25, -0.2) is 0 Å². The lowest BCUT2D eigenvalue weighted by Gasteiger charge is -2.12. The molecule has 1 atom stereocenters. The Hall–Kier alpha value is -1.13. The van der Waals surface area contributed by atoms with Crippen molar-refractivity contribution >= 4 is 0 Å². The number of pyridine rings is 1. The van der Waals surface area contributed by atoms with Gasteiger partial charge < -0.3 is 14.8 Å². The van der Waals surface area contributed by atoms with Crippen molar-refractivity contribution in [2.75, 3.05) is 20.3 Å². The molecule has 0 spiro atoms. The average molecular weight is 222 g/mol. The van der Waals surface area contributed by atoms with Crippen LogP contribution in [0.3, 0.4) is 0 Å². The molecular formula is C12H18N2O2. The van der Waals surface area contributed by atoms with Gasteiger partial charge in [0, 0.05) is 31.5 Å². The standard InChI is InChI=1S/C12H18N2O2/c1-15-12-9-13-5-4-10(12)7-14-8-11-3-2-6-16-11/h4-5,9,11,14H,2-3,6-8H2,1H3. The first-order valence-corrected chi connectivity index (χ1v) is 5.69. The highest BCUT2D eigenvalue weighted by molar-refractivity contribution is 5.29. The van der Waals surface area contributed by atoms with Gasteiger partial charge in [-0.3, -0.25) is 4.98 Å². The zero-order valence-electron chi connectivity index (χ0n) is 9.61. The first kappa shape index (κ1) is 11.4. The monoisotopic (exact) mass is 222 g/mol. The van der Waals surface area contributed by atoms with Crippen LogP contribution in [0.15, 0.2) is 18.5 Å². The summed E-state index contributed by atoms with van der Waals surface area (Å²) in [7, 11) is 1.67. The molecule has 1 aliphatic heterocycles. The smallest absolute Gasteiger partial charge is 0.141 e. The van der Waals surface area contributed by atoms with Crippen molar-refractivity contribution < 1.29 is 9.47 Å². The van der Waals surface area contributed by atoms with Gasteiger partial charge in [0.15, 0.2) is 0 Å². The summed E-state index contributed by atoms with van der Waals surface area (Å²) >= 11 is 0. The van der Waals surface area contributed by atoms with E-state index in [-0.39, 0.29) is 0 Å². The van der Waals surface area contributed by atoms with Crippen LogP contribution in [0, 0.1) is 0 Å². The molecule has 2 heterocycles. The quantitative estimate of drug-likeness (QED) is 0.817. The lowest BCUT2D eigenvalue weighted by Crippen LogP contribution is -2.25. The zero-order chi connectivity index (χ0) is 11.2. The van der Waals surface area contributed by atoms with Crippen molar-refractivity contribution in [1.82, 2.24) is 10.3 Å². The van der Waals surface area contributed by atoms with Crippen molar-refractivity contribution in [2.45, 2.75) is 25.5 Å². The maximum atomic E-state index is 5.54. The highest BCUT2D eigenvalue weighted by atomic mass is 16.5. The number of nitrogens with zero attached hydrogens (tertiary/aromatic N) is 1. The van der Waals surface area contributed by atoms with Crippen molar-refractivity contribution in [2.24, 2.45) is 0 Å². The number of aromatic nitrogens is 1. The summed E-state index contributed by atoms with van der Waals surface area (Å²) in [6.45, 7) is 2.61. The Labute approximate surface area is 96.0 Å². The second-order valence-corrected chi connectivity index (χ2v) is 3.95. The summed E-state index contributed by atoms with van der Waals surface area (Å²) in [5.41, 5.74) is 1.13. The van der Waals surface area contributed by atoms with Gasteiger partial charge in [-0.15, -0.1) is 0 Å². The van der Waals surface area contributed by atoms with E-state index in [1.807, 2.05) is 6.07 Å². The summed E-state index contributed by atoms with van der Waals surface area (Å²) in [6, 6.07) is 1.97. The number of nitrogens with one attached hydrogen (secondary N) is 1. The minimum Gasteiger partial charge on any atom is -0.495 e. The van der Waals surface area contributed by atoms with Crippen LogP contribution in [-0.2, 0) is 11.3 Å². The molecule has 1 N–H and O–H groups in total. The first-order valence-electron chi connectivity index (χ1n) is 5.69. The topological polar surface area (TPSA) is 43.4 Å². The van der Waals surface area contributed by atoms with Crippen molar-refractivity contribution in [3.05, 3.63) is 24.0 Å². The Morgan fingerprint density at radius 3 is 3.31 bits per heavy atom. The summed E-state index contributed by atoms with van der Waals surface area (Å²) in [5.74, 6) is 0.836. The molecule has 1 fully saturated rings. The molecule has 4 heteroatoms. The van der Waals surface area contributed by atoms with E-state index >= 15 is 0 Å². The Bertz CT molecular complexity index is 325. The van der Waals surface area contributed by atoms with E-state index in [1.165, 1.54) is 12.8 Å². The summed E-state index contributed by atoms with van der Waals surface area (Å²) in [5, 5.41) is 3.39. The van der Waals surface area contributed by atoms with Gasteiger partial charge in [0.2, 0.25) is 0 Å². The molecule has 0 saturated carbocycles. The van der Waals surface area contributed by atoms with Gasteiger partial charge >= 0.3 is 0 Å². The fourth-order valence-corrected chi connectivity index (χ4v) is 1.91. The van der Waals surface area contributed by atoms with E-state index in [0.29, 0.717) is 6.10 Å². The van der Waals surface area contributed by atoms with Crippen LogP contribution in [0.1, 0.15) is 18.4 Å². The van der Waals surface area contributed by atoms with Gasteiger partial charge in [0.1, 0.15) is 5.75 Å². The fraction of sp³-hybridized carbons (Fsp3) is 0.583. The molecule has 1 aromatic heterocycles. The Balaban J connectivity index is 1.79. The predicted octanol–water partition coefficient (Wildman–Crippen LogP) is 1.36. The predicted molar refractivity (Wildman–Crippen MR) is 61.5 cm³/mol. The molecule has 2 rings (SSSR count). The van der Waals surface area contributed by atoms with Crippen LogP contribution < -0.4 is 10.1 Å². The lowest BCUT2D eigenvalue weighted by molar-refractivity contribution is 0.110. The molecular weight excluding hydrogens is 204 g/mol. The van der Waals surface area contributed by atoms with E-state index in [1.54, 1.807) is 19.5 Å². The molecule has 0 radical (unpaired) electrons. The molecule has 0 aliphatic carbocycles. The largest absolute Gasteiger partial charge is 0.495 e. The number of hydrogen-bond donors (Lipinski definition) is 1. The summed E-state index contributed by atoms with van der Waals surface area (Å²) in [4.78, 5) is 4.02. The molecule has 0 bridgehead atoms. The van der Waals surface area contributed by atoms with E-state index in [9.17, 15) is 0 Å². The SMILES string of the molecule is COc1cnccc1CNCC1CCCO1. The lowest BCUT2D eigenvalue weighted by atomic mass is 10.2. The minimum absolute atomic E-state index is 0.382. The third-order valence-corrected chi connectivity index (χ3v) is 2.80. The van der Waals surface area contributed by atoms with Crippen LogP contribution in [-0.4, -0.2) is 31.3 Å². The van der Waals surface area contributed by atoms with E-state index in [4.69, 9.17) is 9.47 Å². The number of rotatable bonds is 5.